The molecule has 2 N–H and O–H groups in total. The van der Waals surface area contributed by atoms with Crippen LogP contribution >= 0.6 is 15.9 Å². The smallest absolute Gasteiger partial charge is 0.139 e. The molecule has 0 radical (unpaired) electrons. The third-order valence-corrected chi connectivity index (χ3v) is 2.80. The maximum atomic E-state index is 13.2. The molecule has 0 aromatic heterocycles. The molecule has 0 spiro atoms. The van der Waals surface area contributed by atoms with Gasteiger partial charge in [0.05, 0.1) is 15.8 Å². The van der Waals surface area contributed by atoms with Gasteiger partial charge in [0.25, 0.3) is 0 Å². The minimum absolute atomic E-state index is 0.169. The van der Waals surface area contributed by atoms with Gasteiger partial charge in [-0.25, -0.2) is 4.39 Å². The average Bonchev–Trinajstić information content (AvgIpc) is 2.08. The molecule has 0 aliphatic rings. The molecule has 1 aromatic rings. The number of anilines is 2. The summed E-state index contributed by atoms with van der Waals surface area (Å²) in [4.78, 5) is 2.04. The van der Waals surface area contributed by atoms with E-state index in [4.69, 9.17) is 5.73 Å². The third kappa shape index (κ3) is 3.37. The zero-order chi connectivity index (χ0) is 12.5. The van der Waals surface area contributed by atoms with Crippen LogP contribution in [0.5, 0.6) is 0 Å². The van der Waals surface area contributed by atoms with Crippen LogP contribution in [0, 0.1) is 11.2 Å². The van der Waals surface area contributed by atoms with Gasteiger partial charge in [-0.05, 0) is 27.4 Å². The Hall–Kier alpha value is -0.770. The fraction of sp³-hybridized carbons (Fsp3) is 0.500. The molecule has 1 rings (SSSR count). The Balaban J connectivity index is 3.00. The van der Waals surface area contributed by atoms with Crippen molar-refractivity contribution in [2.24, 2.45) is 5.41 Å². The lowest BCUT2D eigenvalue weighted by atomic mass is 9.96. The summed E-state index contributed by atoms with van der Waals surface area (Å²) >= 11 is 3.17. The molecular weight excluding hydrogens is 271 g/mol. The maximum Gasteiger partial charge on any atom is 0.139 e. The van der Waals surface area contributed by atoms with Gasteiger partial charge in [0, 0.05) is 19.7 Å². The Morgan fingerprint density at radius 3 is 2.44 bits per heavy atom. The topological polar surface area (TPSA) is 29.3 Å². The number of nitrogen functional groups attached to an aromatic ring is 1. The van der Waals surface area contributed by atoms with E-state index in [2.05, 4.69) is 36.7 Å². The highest BCUT2D eigenvalue weighted by molar-refractivity contribution is 9.10. The molecule has 1 aromatic carbocycles. The normalized spacial score (nSPS) is 11.6. The maximum absolute atomic E-state index is 13.2. The van der Waals surface area contributed by atoms with Crippen LogP contribution < -0.4 is 10.6 Å². The van der Waals surface area contributed by atoms with Crippen LogP contribution in [0.3, 0.4) is 0 Å². The number of nitrogens with zero attached hydrogens (tertiary/aromatic N) is 1. The van der Waals surface area contributed by atoms with Crippen molar-refractivity contribution in [2.75, 3.05) is 24.2 Å². The number of halogens is 2. The molecule has 0 aliphatic heterocycles. The molecule has 0 saturated carbocycles. The van der Waals surface area contributed by atoms with E-state index in [0.29, 0.717) is 10.2 Å². The van der Waals surface area contributed by atoms with Crippen LogP contribution in [-0.4, -0.2) is 13.6 Å². The number of hydrogen-bond acceptors (Lipinski definition) is 2. The molecule has 4 heteroatoms. The number of hydrogen-bond donors (Lipinski definition) is 1. The molecule has 0 fully saturated rings. The molecule has 0 atom stereocenters. The van der Waals surface area contributed by atoms with Gasteiger partial charge in [-0.3, -0.25) is 0 Å². The predicted octanol–water partition coefficient (Wildman–Crippen LogP) is 3.65. The largest absolute Gasteiger partial charge is 0.397 e. The predicted molar refractivity (Wildman–Crippen MR) is 71.2 cm³/mol. The number of benzene rings is 1. The summed E-state index contributed by atoms with van der Waals surface area (Å²) in [5.41, 5.74) is 7.29. The Morgan fingerprint density at radius 2 is 1.94 bits per heavy atom. The molecule has 90 valence electrons. The standard InChI is InChI=1S/C12H18BrFN2/c1-12(2,3)7-16(4)11-5-8(13)9(14)6-10(11)15/h5-6H,7,15H2,1-4H3. The fourth-order valence-electron chi connectivity index (χ4n) is 1.68. The summed E-state index contributed by atoms with van der Waals surface area (Å²) in [5.74, 6) is -0.328. The number of nitrogens with two attached hydrogens (primary N) is 1. The highest BCUT2D eigenvalue weighted by Crippen LogP contribution is 2.30. The Bertz CT molecular complexity index is 385. The highest BCUT2D eigenvalue weighted by Gasteiger charge is 2.16. The van der Waals surface area contributed by atoms with Crippen molar-refractivity contribution in [1.29, 1.82) is 0 Å². The second-order valence-corrected chi connectivity index (χ2v) is 6.10. The first-order valence-electron chi connectivity index (χ1n) is 5.16. The van der Waals surface area contributed by atoms with Gasteiger partial charge >= 0.3 is 0 Å². The van der Waals surface area contributed by atoms with Crippen molar-refractivity contribution >= 4 is 27.3 Å². The van der Waals surface area contributed by atoms with Gasteiger partial charge in [-0.2, -0.15) is 0 Å². The van der Waals surface area contributed by atoms with E-state index in [9.17, 15) is 4.39 Å². The van der Waals surface area contributed by atoms with E-state index < -0.39 is 0 Å². The summed E-state index contributed by atoms with van der Waals surface area (Å²) in [5, 5.41) is 0. The van der Waals surface area contributed by atoms with Crippen LogP contribution in [-0.2, 0) is 0 Å². The summed E-state index contributed by atoms with van der Waals surface area (Å²) in [6, 6.07) is 3.06. The fourth-order valence-corrected chi connectivity index (χ4v) is 2.01. The van der Waals surface area contributed by atoms with Crippen molar-refractivity contribution in [2.45, 2.75) is 20.8 Å². The van der Waals surface area contributed by atoms with Gasteiger partial charge in [-0.1, -0.05) is 20.8 Å². The average molecular weight is 289 g/mol. The van der Waals surface area contributed by atoms with Crippen molar-refractivity contribution in [1.82, 2.24) is 0 Å². The van der Waals surface area contributed by atoms with E-state index in [1.807, 2.05) is 11.9 Å². The van der Waals surface area contributed by atoms with Crippen molar-refractivity contribution in [3.8, 4) is 0 Å². The first-order valence-corrected chi connectivity index (χ1v) is 5.95. The van der Waals surface area contributed by atoms with Crippen LogP contribution in [0.25, 0.3) is 0 Å². The molecular formula is C12H18BrFN2. The zero-order valence-corrected chi connectivity index (χ0v) is 11.7. The molecule has 16 heavy (non-hydrogen) atoms. The van der Waals surface area contributed by atoms with Crippen molar-refractivity contribution in [3.63, 3.8) is 0 Å². The monoisotopic (exact) mass is 288 g/mol. The second-order valence-electron chi connectivity index (χ2n) is 5.24. The van der Waals surface area contributed by atoms with Gasteiger partial charge in [0.1, 0.15) is 5.82 Å². The van der Waals surface area contributed by atoms with E-state index in [1.165, 1.54) is 6.07 Å². The van der Waals surface area contributed by atoms with Crippen LogP contribution in [0.4, 0.5) is 15.8 Å². The second kappa shape index (κ2) is 4.62. The summed E-state index contributed by atoms with van der Waals surface area (Å²) in [6.45, 7) is 7.31. The van der Waals surface area contributed by atoms with E-state index >= 15 is 0 Å². The first-order chi connectivity index (χ1) is 7.20. The highest BCUT2D eigenvalue weighted by atomic mass is 79.9. The van der Waals surface area contributed by atoms with E-state index in [-0.39, 0.29) is 11.2 Å². The quantitative estimate of drug-likeness (QED) is 0.842. The first kappa shape index (κ1) is 13.3. The van der Waals surface area contributed by atoms with E-state index in [0.717, 1.165) is 12.2 Å². The van der Waals surface area contributed by atoms with E-state index in [1.54, 1.807) is 6.07 Å². The van der Waals surface area contributed by atoms with Gasteiger partial charge in [-0.15, -0.1) is 0 Å². The molecule has 0 aliphatic carbocycles. The summed E-state index contributed by atoms with van der Waals surface area (Å²) < 4.78 is 13.7. The molecule has 0 saturated heterocycles. The summed E-state index contributed by atoms with van der Waals surface area (Å²) in [6.07, 6.45) is 0. The molecule has 2 nitrogen and oxygen atoms in total. The minimum Gasteiger partial charge on any atom is -0.397 e. The summed E-state index contributed by atoms with van der Waals surface area (Å²) in [7, 11) is 1.96. The van der Waals surface area contributed by atoms with Gasteiger partial charge < -0.3 is 10.6 Å². The lowest BCUT2D eigenvalue weighted by Gasteiger charge is -2.29. The van der Waals surface area contributed by atoms with Gasteiger partial charge in [0.15, 0.2) is 0 Å². The van der Waals surface area contributed by atoms with Gasteiger partial charge in [0.2, 0.25) is 0 Å². The lowest BCUT2D eigenvalue weighted by molar-refractivity contribution is 0.419. The van der Waals surface area contributed by atoms with Crippen LogP contribution in [0.1, 0.15) is 20.8 Å². The third-order valence-electron chi connectivity index (χ3n) is 2.19. The van der Waals surface area contributed by atoms with Crippen molar-refractivity contribution < 1.29 is 4.39 Å². The Labute approximate surface area is 105 Å². The minimum atomic E-state index is -0.328. The molecule has 0 heterocycles. The molecule has 0 bridgehead atoms. The molecule has 0 unspecified atom stereocenters. The lowest BCUT2D eigenvalue weighted by Crippen LogP contribution is -2.29. The number of rotatable bonds is 2. The Kier molecular flexibility index (Phi) is 3.84. The van der Waals surface area contributed by atoms with Crippen LogP contribution in [0.15, 0.2) is 16.6 Å². The van der Waals surface area contributed by atoms with Crippen molar-refractivity contribution in [3.05, 3.63) is 22.4 Å². The zero-order valence-electron chi connectivity index (χ0n) is 10.1. The Morgan fingerprint density at radius 1 is 1.38 bits per heavy atom. The van der Waals surface area contributed by atoms with Crippen LogP contribution in [0.2, 0.25) is 0 Å². The molecule has 0 amide bonds. The SMILES string of the molecule is CN(CC(C)(C)C)c1cc(Br)c(F)cc1N.